The molecule has 1 aliphatic heterocycles. The van der Waals surface area contributed by atoms with Crippen LogP contribution in [0.4, 0.5) is 10.2 Å². The summed E-state index contributed by atoms with van der Waals surface area (Å²) in [6, 6.07) is 14.2. The average molecular weight is 362 g/mol. The van der Waals surface area contributed by atoms with Gasteiger partial charge in [0.1, 0.15) is 17.2 Å². The van der Waals surface area contributed by atoms with Gasteiger partial charge in [-0.2, -0.15) is 14.8 Å². The number of halogens is 1. The monoisotopic (exact) mass is 362 g/mol. The highest BCUT2D eigenvalue weighted by Crippen LogP contribution is 2.41. The van der Waals surface area contributed by atoms with Crippen LogP contribution in [-0.4, -0.2) is 20.7 Å². The zero-order chi connectivity index (χ0) is 18.5. The van der Waals surface area contributed by atoms with Crippen LogP contribution in [0, 0.1) is 12.7 Å². The number of amides is 1. The smallest absolute Gasteiger partial charge is 0.325 e. The number of aryl methyl sites for hydroxylation is 1. The lowest BCUT2D eigenvalue weighted by atomic mass is 9.85. The average Bonchev–Trinajstić information content (AvgIpc) is 3.22. The fraction of sp³-hybridized carbons (Fsp3) is 0.150. The molecule has 6 nitrogen and oxygen atoms in total. The predicted molar refractivity (Wildman–Crippen MR) is 97.4 cm³/mol. The molecule has 1 amide bonds. The van der Waals surface area contributed by atoms with Crippen molar-refractivity contribution in [3.8, 4) is 6.01 Å². The lowest BCUT2D eigenvalue weighted by molar-refractivity contribution is -0.116. The number of carbonyl (C=O) groups is 1. The van der Waals surface area contributed by atoms with Crippen molar-refractivity contribution in [1.29, 1.82) is 0 Å². The Morgan fingerprint density at radius 1 is 1.19 bits per heavy atom. The van der Waals surface area contributed by atoms with Gasteiger partial charge < -0.3 is 9.73 Å². The second-order valence-corrected chi connectivity index (χ2v) is 6.55. The van der Waals surface area contributed by atoms with Crippen LogP contribution in [0.25, 0.3) is 17.1 Å². The van der Waals surface area contributed by atoms with E-state index in [1.165, 1.54) is 10.7 Å². The Bertz CT molecular complexity index is 1160. The summed E-state index contributed by atoms with van der Waals surface area (Å²) >= 11 is 0. The lowest BCUT2D eigenvalue weighted by Gasteiger charge is -2.24. The van der Waals surface area contributed by atoms with Crippen molar-refractivity contribution in [2.24, 2.45) is 0 Å². The zero-order valence-corrected chi connectivity index (χ0v) is 14.4. The second-order valence-electron chi connectivity index (χ2n) is 6.55. The molecule has 1 atom stereocenters. The van der Waals surface area contributed by atoms with Gasteiger partial charge >= 0.3 is 6.01 Å². The molecule has 2 aromatic carbocycles. The Labute approximate surface area is 153 Å². The van der Waals surface area contributed by atoms with Gasteiger partial charge in [0.25, 0.3) is 0 Å². The maximum Gasteiger partial charge on any atom is 0.325 e. The zero-order valence-electron chi connectivity index (χ0n) is 14.4. The maximum atomic E-state index is 14.4. The van der Waals surface area contributed by atoms with Crippen LogP contribution in [0.15, 0.2) is 52.9 Å². The molecule has 134 valence electrons. The third kappa shape index (κ3) is 2.43. The summed E-state index contributed by atoms with van der Waals surface area (Å²) in [6.07, 6.45) is 0.161. The summed E-state index contributed by atoms with van der Waals surface area (Å²) in [6.45, 7) is 1.84. The predicted octanol–water partition coefficient (Wildman–Crippen LogP) is 3.94. The highest BCUT2D eigenvalue weighted by molar-refractivity contribution is 5.95. The van der Waals surface area contributed by atoms with Gasteiger partial charge in [-0.3, -0.25) is 4.79 Å². The van der Waals surface area contributed by atoms with Crippen molar-refractivity contribution in [1.82, 2.24) is 14.8 Å². The van der Waals surface area contributed by atoms with E-state index >= 15 is 0 Å². The molecule has 0 saturated heterocycles. The van der Waals surface area contributed by atoms with Crippen LogP contribution in [0.1, 0.15) is 29.2 Å². The first kappa shape index (κ1) is 15.7. The first-order valence-corrected chi connectivity index (χ1v) is 8.61. The molecule has 2 aromatic heterocycles. The van der Waals surface area contributed by atoms with Gasteiger partial charge in [0, 0.05) is 17.9 Å². The maximum absolute atomic E-state index is 14.4. The van der Waals surface area contributed by atoms with Crippen LogP contribution in [0.5, 0.6) is 0 Å². The molecular weight excluding hydrogens is 347 g/mol. The summed E-state index contributed by atoms with van der Waals surface area (Å²) < 4.78 is 21.7. The van der Waals surface area contributed by atoms with Crippen LogP contribution < -0.4 is 5.32 Å². The van der Waals surface area contributed by atoms with Gasteiger partial charge in [-0.1, -0.05) is 30.3 Å². The number of oxazole rings is 1. The molecule has 7 heteroatoms. The number of anilines is 1. The number of para-hydroxylation sites is 2. The SMILES string of the molecule is Cc1nn(-c2nc3ccccc3o2)c2c1C(c1ccccc1F)CC(=O)N2. The van der Waals surface area contributed by atoms with Crippen molar-refractivity contribution < 1.29 is 13.6 Å². The Hall–Kier alpha value is -3.48. The van der Waals surface area contributed by atoms with Gasteiger partial charge in [0.05, 0.1) is 5.69 Å². The molecule has 5 rings (SSSR count). The van der Waals surface area contributed by atoms with Crippen LogP contribution in [0.2, 0.25) is 0 Å². The highest BCUT2D eigenvalue weighted by Gasteiger charge is 2.34. The summed E-state index contributed by atoms with van der Waals surface area (Å²) in [4.78, 5) is 16.8. The van der Waals surface area contributed by atoms with Crippen molar-refractivity contribution in [3.05, 3.63) is 71.2 Å². The lowest BCUT2D eigenvalue weighted by Crippen LogP contribution is -2.25. The second kappa shape index (κ2) is 5.77. The summed E-state index contributed by atoms with van der Waals surface area (Å²) in [5.74, 6) is -0.471. The number of benzene rings is 2. The Morgan fingerprint density at radius 3 is 2.78 bits per heavy atom. The van der Waals surface area contributed by atoms with Crippen molar-refractivity contribution in [2.75, 3.05) is 5.32 Å². The molecule has 1 unspecified atom stereocenters. The van der Waals surface area contributed by atoms with E-state index in [0.29, 0.717) is 28.2 Å². The molecule has 27 heavy (non-hydrogen) atoms. The number of aromatic nitrogens is 3. The minimum atomic E-state index is -0.409. The van der Waals surface area contributed by atoms with E-state index in [-0.39, 0.29) is 24.2 Å². The fourth-order valence-corrected chi connectivity index (χ4v) is 3.66. The van der Waals surface area contributed by atoms with E-state index in [1.807, 2.05) is 31.2 Å². The minimum Gasteiger partial charge on any atom is -0.422 e. The minimum absolute atomic E-state index is 0.161. The van der Waals surface area contributed by atoms with Crippen molar-refractivity contribution >= 4 is 22.8 Å². The Morgan fingerprint density at radius 2 is 1.96 bits per heavy atom. The molecular formula is C20H15FN4O2. The molecule has 1 N–H and O–H groups in total. The summed E-state index contributed by atoms with van der Waals surface area (Å²) in [7, 11) is 0. The molecule has 0 fully saturated rings. The highest BCUT2D eigenvalue weighted by atomic mass is 19.1. The fourth-order valence-electron chi connectivity index (χ4n) is 3.66. The summed E-state index contributed by atoms with van der Waals surface area (Å²) in [5.41, 5.74) is 3.28. The number of hydrogen-bond acceptors (Lipinski definition) is 4. The first-order valence-electron chi connectivity index (χ1n) is 8.61. The molecule has 0 spiro atoms. The number of nitrogens with one attached hydrogen (secondary N) is 1. The Balaban J connectivity index is 1.70. The van der Waals surface area contributed by atoms with Gasteiger partial charge in [-0.25, -0.2) is 4.39 Å². The molecule has 1 aliphatic rings. The Kier molecular flexibility index (Phi) is 3.36. The van der Waals surface area contributed by atoms with Gasteiger partial charge in [-0.05, 0) is 30.7 Å². The molecule has 0 radical (unpaired) electrons. The van der Waals surface area contributed by atoms with E-state index < -0.39 is 5.92 Å². The van der Waals surface area contributed by atoms with E-state index in [1.54, 1.807) is 18.2 Å². The topological polar surface area (TPSA) is 73.0 Å². The molecule has 3 heterocycles. The normalized spacial score (nSPS) is 16.4. The van der Waals surface area contributed by atoms with Crippen LogP contribution >= 0.6 is 0 Å². The number of fused-ring (bicyclic) bond motifs is 2. The van der Waals surface area contributed by atoms with E-state index in [2.05, 4.69) is 15.4 Å². The van der Waals surface area contributed by atoms with Crippen molar-refractivity contribution in [2.45, 2.75) is 19.3 Å². The number of carbonyl (C=O) groups excluding carboxylic acids is 1. The number of hydrogen-bond donors (Lipinski definition) is 1. The number of nitrogens with zero attached hydrogens (tertiary/aromatic N) is 3. The summed E-state index contributed by atoms with van der Waals surface area (Å²) in [5, 5.41) is 7.37. The molecule has 4 aromatic rings. The first-order chi connectivity index (χ1) is 13.1. The van der Waals surface area contributed by atoms with E-state index in [0.717, 1.165) is 5.56 Å². The van der Waals surface area contributed by atoms with Gasteiger partial charge in [0.2, 0.25) is 5.91 Å². The van der Waals surface area contributed by atoms with Crippen LogP contribution in [-0.2, 0) is 4.79 Å². The van der Waals surface area contributed by atoms with E-state index in [9.17, 15) is 9.18 Å². The standard InChI is InChI=1S/C20H15FN4O2/c1-11-18-13(12-6-2-3-7-14(12)21)10-17(26)23-19(18)25(24-11)20-22-15-8-4-5-9-16(15)27-20/h2-9,13H,10H2,1H3,(H,23,26). The van der Waals surface area contributed by atoms with Gasteiger partial charge in [-0.15, -0.1) is 0 Å². The van der Waals surface area contributed by atoms with E-state index in [4.69, 9.17) is 4.42 Å². The third-order valence-electron chi connectivity index (χ3n) is 4.85. The molecule has 0 saturated carbocycles. The number of rotatable bonds is 2. The van der Waals surface area contributed by atoms with Crippen molar-refractivity contribution in [3.63, 3.8) is 0 Å². The molecule has 0 bridgehead atoms. The quantitative estimate of drug-likeness (QED) is 0.586. The van der Waals surface area contributed by atoms with Crippen LogP contribution in [0.3, 0.4) is 0 Å². The third-order valence-corrected chi connectivity index (χ3v) is 4.85. The molecule has 0 aliphatic carbocycles. The largest absolute Gasteiger partial charge is 0.422 e. The van der Waals surface area contributed by atoms with Gasteiger partial charge in [0.15, 0.2) is 5.58 Å².